The van der Waals surface area contributed by atoms with Gasteiger partial charge in [-0.25, -0.2) is 0 Å². The highest BCUT2D eigenvalue weighted by Crippen LogP contribution is 2.40. The molecule has 2 aromatic carbocycles. The van der Waals surface area contributed by atoms with E-state index >= 15 is 0 Å². The van der Waals surface area contributed by atoms with E-state index in [1.54, 1.807) is 6.07 Å². The molecular weight excluding hydrogens is 485 g/mol. The largest absolute Gasteiger partial charge is 0.489 e. The summed E-state index contributed by atoms with van der Waals surface area (Å²) in [5.41, 5.74) is 0.895. The first-order valence-electron chi connectivity index (χ1n) is 11.5. The van der Waals surface area contributed by atoms with Crippen LogP contribution in [0.4, 0.5) is 18.9 Å². The number of amides is 1. The minimum atomic E-state index is -5.00. The summed E-state index contributed by atoms with van der Waals surface area (Å²) in [6, 6.07) is 11.7. The number of hydrogen-bond acceptors (Lipinski definition) is 5. The second-order valence-corrected chi connectivity index (χ2v) is 9.57. The van der Waals surface area contributed by atoms with Crippen molar-refractivity contribution in [3.05, 3.63) is 53.1 Å². The summed E-state index contributed by atoms with van der Waals surface area (Å²) >= 11 is 6.08. The predicted molar refractivity (Wildman–Crippen MR) is 126 cm³/mol. The van der Waals surface area contributed by atoms with Gasteiger partial charge in [-0.1, -0.05) is 23.7 Å². The Labute approximate surface area is 207 Å². The quantitative estimate of drug-likeness (QED) is 0.619. The number of hydrogen-bond donors (Lipinski definition) is 1. The van der Waals surface area contributed by atoms with E-state index in [9.17, 15) is 23.1 Å². The van der Waals surface area contributed by atoms with Gasteiger partial charge in [0.25, 0.3) is 0 Å². The van der Waals surface area contributed by atoms with Gasteiger partial charge in [0.05, 0.1) is 5.69 Å². The summed E-state index contributed by atoms with van der Waals surface area (Å²) in [4.78, 5) is 14.2. The maximum Gasteiger partial charge on any atom is 0.471 e. The summed E-state index contributed by atoms with van der Waals surface area (Å²) in [6.45, 7) is 1.75. The van der Waals surface area contributed by atoms with Crippen LogP contribution >= 0.6 is 11.6 Å². The van der Waals surface area contributed by atoms with Crippen molar-refractivity contribution >= 4 is 23.2 Å². The SMILES string of the molecule is CN(C(=O)C(F)(F)F)c1ccccc1OC[C@H](O)CN1CCC2(CCc3cc(Cl)ccc3O2)CC1. The Kier molecular flexibility index (Phi) is 7.49. The number of para-hydroxylation sites is 2. The number of anilines is 1. The summed E-state index contributed by atoms with van der Waals surface area (Å²) in [7, 11) is 1.04. The molecule has 35 heavy (non-hydrogen) atoms. The number of alkyl halides is 3. The lowest BCUT2D eigenvalue weighted by Crippen LogP contribution is -2.51. The van der Waals surface area contributed by atoms with Crippen LogP contribution in [0, 0.1) is 0 Å². The van der Waals surface area contributed by atoms with Gasteiger partial charge in [0, 0.05) is 31.7 Å². The normalized spacial score (nSPS) is 18.5. The fourth-order valence-electron chi connectivity index (χ4n) is 4.68. The third-order valence-electron chi connectivity index (χ3n) is 6.64. The summed E-state index contributed by atoms with van der Waals surface area (Å²) in [5.74, 6) is -1.01. The first kappa shape index (κ1) is 25.6. The average Bonchev–Trinajstić information content (AvgIpc) is 2.83. The number of piperidine rings is 1. The molecule has 190 valence electrons. The van der Waals surface area contributed by atoms with Crippen molar-refractivity contribution in [1.82, 2.24) is 4.90 Å². The van der Waals surface area contributed by atoms with Crippen molar-refractivity contribution < 1.29 is 32.5 Å². The van der Waals surface area contributed by atoms with Crippen LogP contribution in [0.2, 0.25) is 5.02 Å². The summed E-state index contributed by atoms with van der Waals surface area (Å²) in [5, 5.41) is 11.2. The summed E-state index contributed by atoms with van der Waals surface area (Å²) < 4.78 is 50.4. The molecule has 1 atom stereocenters. The number of carbonyl (C=O) groups is 1. The molecule has 0 aliphatic carbocycles. The fourth-order valence-corrected chi connectivity index (χ4v) is 4.87. The molecule has 2 heterocycles. The van der Waals surface area contributed by atoms with Crippen LogP contribution in [0.3, 0.4) is 0 Å². The molecule has 1 fully saturated rings. The molecule has 2 aliphatic heterocycles. The Bertz CT molecular complexity index is 1060. The highest BCUT2D eigenvalue weighted by molar-refractivity contribution is 6.30. The molecule has 1 amide bonds. The van der Waals surface area contributed by atoms with Crippen molar-refractivity contribution in [1.29, 1.82) is 0 Å². The smallest absolute Gasteiger partial charge is 0.471 e. The summed E-state index contributed by atoms with van der Waals surface area (Å²) in [6.07, 6.45) is -2.36. The molecule has 0 bridgehead atoms. The van der Waals surface area contributed by atoms with E-state index in [-0.39, 0.29) is 23.6 Å². The zero-order chi connectivity index (χ0) is 25.2. The van der Waals surface area contributed by atoms with E-state index in [4.69, 9.17) is 21.1 Å². The maximum atomic E-state index is 12.8. The van der Waals surface area contributed by atoms with Crippen molar-refractivity contribution in [3.63, 3.8) is 0 Å². The number of benzene rings is 2. The van der Waals surface area contributed by atoms with Gasteiger partial charge in [0.1, 0.15) is 29.8 Å². The molecular formula is C25H28ClF3N2O4. The van der Waals surface area contributed by atoms with E-state index in [1.807, 2.05) is 18.2 Å². The Hall–Kier alpha value is -2.49. The third kappa shape index (κ3) is 6.02. The van der Waals surface area contributed by atoms with E-state index in [0.29, 0.717) is 16.5 Å². The minimum Gasteiger partial charge on any atom is -0.489 e. The fraction of sp³-hybridized carbons (Fsp3) is 0.480. The number of carbonyl (C=O) groups excluding carboxylic acids is 1. The van der Waals surface area contributed by atoms with Crippen LogP contribution in [0.25, 0.3) is 0 Å². The van der Waals surface area contributed by atoms with Crippen molar-refractivity contribution in [2.75, 3.05) is 38.2 Å². The maximum absolute atomic E-state index is 12.8. The van der Waals surface area contributed by atoms with Gasteiger partial charge >= 0.3 is 12.1 Å². The van der Waals surface area contributed by atoms with Crippen LogP contribution in [0.15, 0.2) is 42.5 Å². The number of nitrogens with zero attached hydrogens (tertiary/aromatic N) is 2. The standard InChI is InChI=1S/C25H28ClF3N2O4/c1-30(23(33)25(27,28)29)20-4-2-3-5-22(20)34-16-19(32)15-31-12-10-24(11-13-31)9-8-17-14-18(26)6-7-21(17)35-24/h2-7,14,19,32H,8-13,15-16H2,1H3/t19-/m1/s1. The number of aliphatic hydroxyl groups is 1. The molecule has 1 N–H and O–H groups in total. The molecule has 1 spiro atoms. The lowest BCUT2D eigenvalue weighted by atomic mass is 9.83. The van der Waals surface area contributed by atoms with Gasteiger partial charge in [0.15, 0.2) is 0 Å². The lowest BCUT2D eigenvalue weighted by molar-refractivity contribution is -0.170. The van der Waals surface area contributed by atoms with Crippen LogP contribution in [-0.4, -0.2) is 67.1 Å². The molecule has 10 heteroatoms. The van der Waals surface area contributed by atoms with Crippen molar-refractivity contribution in [2.24, 2.45) is 0 Å². The van der Waals surface area contributed by atoms with Crippen molar-refractivity contribution in [3.8, 4) is 11.5 Å². The van der Waals surface area contributed by atoms with E-state index < -0.39 is 18.2 Å². The number of fused-ring (bicyclic) bond motifs is 1. The molecule has 2 aromatic rings. The number of halogens is 4. The molecule has 0 unspecified atom stereocenters. The van der Waals surface area contributed by atoms with Gasteiger partial charge in [-0.15, -0.1) is 0 Å². The minimum absolute atomic E-state index is 0.0158. The second kappa shape index (κ2) is 10.2. The van der Waals surface area contributed by atoms with Crippen LogP contribution in [0.1, 0.15) is 24.8 Å². The van der Waals surface area contributed by atoms with Crippen LogP contribution in [0.5, 0.6) is 11.5 Å². The van der Waals surface area contributed by atoms with Crippen LogP contribution in [-0.2, 0) is 11.2 Å². The lowest BCUT2D eigenvalue weighted by Gasteiger charge is -2.45. The van der Waals surface area contributed by atoms with E-state index in [2.05, 4.69) is 4.90 Å². The molecule has 6 nitrogen and oxygen atoms in total. The van der Waals surface area contributed by atoms with Crippen molar-refractivity contribution in [2.45, 2.75) is 43.6 Å². The van der Waals surface area contributed by atoms with E-state index in [1.165, 1.54) is 18.2 Å². The van der Waals surface area contributed by atoms with E-state index in [0.717, 1.165) is 57.1 Å². The first-order chi connectivity index (χ1) is 16.6. The zero-order valence-electron chi connectivity index (χ0n) is 19.4. The Morgan fingerprint density at radius 1 is 1.23 bits per heavy atom. The monoisotopic (exact) mass is 512 g/mol. The molecule has 0 aromatic heterocycles. The average molecular weight is 513 g/mol. The molecule has 0 saturated carbocycles. The zero-order valence-corrected chi connectivity index (χ0v) is 20.1. The van der Waals surface area contributed by atoms with Gasteiger partial charge in [-0.3, -0.25) is 4.79 Å². The topological polar surface area (TPSA) is 62.2 Å². The number of rotatable bonds is 6. The Morgan fingerprint density at radius 2 is 1.94 bits per heavy atom. The first-order valence-corrected chi connectivity index (χ1v) is 11.9. The molecule has 1 saturated heterocycles. The van der Waals surface area contributed by atoms with Gasteiger partial charge in [0.2, 0.25) is 0 Å². The van der Waals surface area contributed by atoms with Gasteiger partial charge in [-0.05, 0) is 61.6 Å². The highest BCUT2D eigenvalue weighted by atomic mass is 35.5. The predicted octanol–water partition coefficient (Wildman–Crippen LogP) is 4.46. The Balaban J connectivity index is 1.28. The van der Waals surface area contributed by atoms with Gasteiger partial charge in [-0.2, -0.15) is 13.2 Å². The number of ether oxygens (including phenoxy) is 2. The second-order valence-electron chi connectivity index (χ2n) is 9.13. The van der Waals surface area contributed by atoms with Gasteiger partial charge < -0.3 is 24.4 Å². The molecule has 4 rings (SSSR count). The molecule has 0 radical (unpaired) electrons. The number of β-amino-alcohol motifs (C(OH)–C–C–N with tert-alkyl or cyclic N) is 1. The number of aliphatic hydroxyl groups excluding tert-OH is 1. The highest BCUT2D eigenvalue weighted by Gasteiger charge is 2.42. The van der Waals surface area contributed by atoms with Crippen LogP contribution < -0.4 is 14.4 Å². The number of aryl methyl sites for hydroxylation is 1. The Morgan fingerprint density at radius 3 is 2.66 bits per heavy atom. The third-order valence-corrected chi connectivity index (χ3v) is 6.88. The molecule has 2 aliphatic rings. The number of likely N-dealkylation sites (tertiary alicyclic amines) is 1.